The fraction of sp³-hybridized carbons (Fsp3) is 0.391. The standard InChI is InChI=1S/C23H27N3O3/c27-22(24-19-11-13-25(16-19)15-18-6-2-1-3-7-18)17-29-21-9-4-8-20(14-21)26-12-5-10-23(26)28/h1-4,6-9,14,19H,5,10-13,15-17H2,(H,24,27). The van der Waals surface area contributed by atoms with Crippen LogP contribution in [0.25, 0.3) is 0 Å². The van der Waals surface area contributed by atoms with E-state index in [2.05, 4.69) is 34.5 Å². The Morgan fingerprint density at radius 1 is 1.10 bits per heavy atom. The van der Waals surface area contributed by atoms with Gasteiger partial charge in [-0.15, -0.1) is 0 Å². The van der Waals surface area contributed by atoms with Crippen molar-refractivity contribution in [3.63, 3.8) is 0 Å². The Bertz CT molecular complexity index is 855. The largest absolute Gasteiger partial charge is 0.484 e. The second-order valence-corrected chi connectivity index (χ2v) is 7.71. The summed E-state index contributed by atoms with van der Waals surface area (Å²) in [4.78, 5) is 28.3. The zero-order chi connectivity index (χ0) is 20.1. The lowest BCUT2D eigenvalue weighted by molar-refractivity contribution is -0.123. The van der Waals surface area contributed by atoms with Crippen LogP contribution in [-0.4, -0.2) is 49.0 Å². The van der Waals surface area contributed by atoms with Gasteiger partial charge in [-0.2, -0.15) is 0 Å². The van der Waals surface area contributed by atoms with Crippen molar-refractivity contribution in [3.05, 3.63) is 60.2 Å². The Morgan fingerprint density at radius 3 is 2.76 bits per heavy atom. The van der Waals surface area contributed by atoms with Gasteiger partial charge in [0.25, 0.3) is 5.91 Å². The van der Waals surface area contributed by atoms with Gasteiger partial charge in [-0.3, -0.25) is 14.5 Å². The number of ether oxygens (including phenoxy) is 1. The van der Waals surface area contributed by atoms with Crippen molar-refractivity contribution < 1.29 is 14.3 Å². The molecule has 0 radical (unpaired) electrons. The molecule has 2 amide bonds. The summed E-state index contributed by atoms with van der Waals surface area (Å²) in [5.74, 6) is 0.634. The van der Waals surface area contributed by atoms with Gasteiger partial charge in [0.05, 0.1) is 0 Å². The normalized spacial score (nSPS) is 19.5. The van der Waals surface area contributed by atoms with Gasteiger partial charge in [0.2, 0.25) is 5.91 Å². The van der Waals surface area contributed by atoms with Crippen LogP contribution in [0.2, 0.25) is 0 Å². The summed E-state index contributed by atoms with van der Waals surface area (Å²) >= 11 is 0. The third-order valence-electron chi connectivity index (χ3n) is 5.46. The van der Waals surface area contributed by atoms with E-state index in [1.165, 1.54) is 5.56 Å². The molecule has 2 aliphatic heterocycles. The average Bonchev–Trinajstić information content (AvgIpc) is 3.36. The minimum absolute atomic E-state index is 0.0212. The first-order valence-corrected chi connectivity index (χ1v) is 10.3. The molecular formula is C23H27N3O3. The van der Waals surface area contributed by atoms with E-state index in [0.29, 0.717) is 12.2 Å². The summed E-state index contributed by atoms with van der Waals surface area (Å²) in [5.41, 5.74) is 2.12. The number of anilines is 1. The van der Waals surface area contributed by atoms with Gasteiger partial charge in [0, 0.05) is 50.4 Å². The number of nitrogens with zero attached hydrogens (tertiary/aromatic N) is 2. The number of rotatable bonds is 7. The van der Waals surface area contributed by atoms with Crippen LogP contribution in [0.1, 0.15) is 24.8 Å². The van der Waals surface area contributed by atoms with Crippen LogP contribution < -0.4 is 15.0 Å². The molecule has 2 fully saturated rings. The molecule has 152 valence electrons. The molecule has 1 atom stereocenters. The van der Waals surface area contributed by atoms with Crippen molar-refractivity contribution in [1.82, 2.24) is 10.2 Å². The summed E-state index contributed by atoms with van der Waals surface area (Å²) in [6.45, 7) is 3.46. The fourth-order valence-electron chi connectivity index (χ4n) is 4.02. The second-order valence-electron chi connectivity index (χ2n) is 7.71. The summed E-state index contributed by atoms with van der Waals surface area (Å²) in [5, 5.41) is 3.07. The highest BCUT2D eigenvalue weighted by atomic mass is 16.5. The number of benzene rings is 2. The monoisotopic (exact) mass is 393 g/mol. The smallest absolute Gasteiger partial charge is 0.258 e. The number of carbonyl (C=O) groups excluding carboxylic acids is 2. The molecule has 0 saturated carbocycles. The molecular weight excluding hydrogens is 366 g/mol. The molecule has 6 heteroatoms. The van der Waals surface area contributed by atoms with Crippen molar-refractivity contribution in [2.45, 2.75) is 31.8 Å². The number of carbonyl (C=O) groups is 2. The molecule has 0 bridgehead atoms. The molecule has 1 N–H and O–H groups in total. The minimum Gasteiger partial charge on any atom is -0.484 e. The number of nitrogens with one attached hydrogen (secondary N) is 1. The van der Waals surface area contributed by atoms with Crippen LogP contribution in [0.5, 0.6) is 5.75 Å². The van der Waals surface area contributed by atoms with E-state index < -0.39 is 0 Å². The molecule has 0 aromatic heterocycles. The Hall–Kier alpha value is -2.86. The lowest BCUT2D eigenvalue weighted by Crippen LogP contribution is -2.39. The summed E-state index contributed by atoms with van der Waals surface area (Å²) in [7, 11) is 0. The topological polar surface area (TPSA) is 61.9 Å². The van der Waals surface area contributed by atoms with Crippen molar-refractivity contribution >= 4 is 17.5 Å². The zero-order valence-corrected chi connectivity index (χ0v) is 16.5. The summed E-state index contributed by atoms with van der Waals surface area (Å²) < 4.78 is 5.67. The Balaban J connectivity index is 1.23. The highest BCUT2D eigenvalue weighted by molar-refractivity contribution is 5.95. The maximum atomic E-state index is 12.3. The number of hydrogen-bond acceptors (Lipinski definition) is 4. The lowest BCUT2D eigenvalue weighted by Gasteiger charge is -2.18. The highest BCUT2D eigenvalue weighted by Gasteiger charge is 2.24. The Morgan fingerprint density at radius 2 is 1.97 bits per heavy atom. The Labute approximate surface area is 171 Å². The van der Waals surface area contributed by atoms with Gasteiger partial charge >= 0.3 is 0 Å². The molecule has 2 heterocycles. The zero-order valence-electron chi connectivity index (χ0n) is 16.5. The van der Waals surface area contributed by atoms with Crippen LogP contribution in [0.4, 0.5) is 5.69 Å². The maximum Gasteiger partial charge on any atom is 0.258 e. The molecule has 0 spiro atoms. The van der Waals surface area contributed by atoms with Crippen molar-refractivity contribution in [2.24, 2.45) is 0 Å². The molecule has 0 aliphatic carbocycles. The molecule has 2 aromatic carbocycles. The number of hydrogen-bond donors (Lipinski definition) is 1. The predicted octanol–water partition coefficient (Wildman–Crippen LogP) is 2.58. The highest BCUT2D eigenvalue weighted by Crippen LogP contribution is 2.25. The van der Waals surface area contributed by atoms with Crippen LogP contribution >= 0.6 is 0 Å². The van der Waals surface area contributed by atoms with E-state index in [1.54, 1.807) is 4.90 Å². The fourth-order valence-corrected chi connectivity index (χ4v) is 4.02. The molecule has 2 aromatic rings. The van der Waals surface area contributed by atoms with E-state index in [9.17, 15) is 9.59 Å². The van der Waals surface area contributed by atoms with Gasteiger partial charge in [-0.1, -0.05) is 36.4 Å². The van der Waals surface area contributed by atoms with Crippen LogP contribution in [0, 0.1) is 0 Å². The lowest BCUT2D eigenvalue weighted by atomic mass is 10.2. The van der Waals surface area contributed by atoms with Gasteiger partial charge < -0.3 is 15.0 Å². The van der Waals surface area contributed by atoms with Gasteiger partial charge in [0.1, 0.15) is 5.75 Å². The molecule has 4 rings (SSSR count). The number of likely N-dealkylation sites (tertiary alicyclic amines) is 1. The molecule has 29 heavy (non-hydrogen) atoms. The molecule has 6 nitrogen and oxygen atoms in total. The van der Waals surface area contributed by atoms with Crippen molar-refractivity contribution in [1.29, 1.82) is 0 Å². The summed E-state index contributed by atoms with van der Waals surface area (Å²) in [6, 6.07) is 17.9. The van der Waals surface area contributed by atoms with Gasteiger partial charge in [-0.25, -0.2) is 0 Å². The van der Waals surface area contributed by atoms with Crippen molar-refractivity contribution in [2.75, 3.05) is 31.1 Å². The quantitative estimate of drug-likeness (QED) is 0.786. The van der Waals surface area contributed by atoms with E-state index in [4.69, 9.17) is 4.74 Å². The van der Waals surface area contributed by atoms with E-state index in [-0.39, 0.29) is 24.5 Å². The van der Waals surface area contributed by atoms with Crippen LogP contribution in [0.3, 0.4) is 0 Å². The summed E-state index contributed by atoms with van der Waals surface area (Å²) in [6.07, 6.45) is 2.43. The van der Waals surface area contributed by atoms with Gasteiger partial charge in [-0.05, 0) is 30.5 Å². The average molecular weight is 393 g/mol. The second kappa shape index (κ2) is 9.09. The van der Waals surface area contributed by atoms with Crippen molar-refractivity contribution in [3.8, 4) is 5.75 Å². The first-order chi connectivity index (χ1) is 14.2. The minimum atomic E-state index is -0.112. The maximum absolute atomic E-state index is 12.3. The van der Waals surface area contributed by atoms with E-state index in [1.807, 2.05) is 30.3 Å². The predicted molar refractivity (Wildman–Crippen MR) is 112 cm³/mol. The first-order valence-electron chi connectivity index (χ1n) is 10.3. The first kappa shape index (κ1) is 19.5. The third kappa shape index (κ3) is 5.15. The molecule has 1 unspecified atom stereocenters. The SMILES string of the molecule is O=C(COc1cccc(N2CCCC2=O)c1)NC1CCN(Cc2ccccc2)C1. The van der Waals surface area contributed by atoms with Crippen LogP contribution in [-0.2, 0) is 16.1 Å². The van der Waals surface area contributed by atoms with E-state index in [0.717, 1.165) is 44.7 Å². The van der Waals surface area contributed by atoms with Crippen LogP contribution in [0.15, 0.2) is 54.6 Å². The molecule has 2 saturated heterocycles. The third-order valence-corrected chi connectivity index (χ3v) is 5.46. The Kier molecular flexibility index (Phi) is 6.10. The number of amides is 2. The van der Waals surface area contributed by atoms with Gasteiger partial charge in [0.15, 0.2) is 6.61 Å². The van der Waals surface area contributed by atoms with E-state index >= 15 is 0 Å². The molecule has 2 aliphatic rings.